The van der Waals surface area contributed by atoms with Gasteiger partial charge in [-0.2, -0.15) is 0 Å². The number of hydrogen-bond donors (Lipinski definition) is 1. The van der Waals surface area contributed by atoms with Gasteiger partial charge in [0, 0.05) is 12.3 Å². The molecule has 3 nitrogen and oxygen atoms in total. The average Bonchev–Trinajstić information content (AvgIpc) is 2.27. The molecule has 0 aromatic heterocycles. The van der Waals surface area contributed by atoms with Crippen LogP contribution in [0.15, 0.2) is 18.2 Å². The number of benzene rings is 1. The molecule has 1 N–H and O–H groups in total. The van der Waals surface area contributed by atoms with E-state index in [2.05, 4.69) is 5.32 Å². The first-order valence-electron chi connectivity index (χ1n) is 6.05. The van der Waals surface area contributed by atoms with Crippen LogP contribution < -0.4 is 5.32 Å². The van der Waals surface area contributed by atoms with Gasteiger partial charge in [0.05, 0.1) is 10.8 Å². The number of hydrogen-bond acceptors (Lipinski definition) is 3. The molecule has 0 aliphatic carbocycles. The van der Waals surface area contributed by atoms with Crippen LogP contribution in [-0.4, -0.2) is 27.0 Å². The highest BCUT2D eigenvalue weighted by Crippen LogP contribution is 2.20. The molecule has 0 unspecified atom stereocenters. The van der Waals surface area contributed by atoms with Crippen molar-refractivity contribution in [2.45, 2.75) is 19.9 Å². The molecule has 0 saturated heterocycles. The smallest absolute Gasteiger partial charge is 0.147 e. The minimum absolute atomic E-state index is 0.0138. The highest BCUT2D eigenvalue weighted by atomic mass is 35.5. The van der Waals surface area contributed by atoms with Crippen LogP contribution in [0, 0.1) is 11.7 Å². The van der Waals surface area contributed by atoms with E-state index in [9.17, 15) is 12.8 Å². The Morgan fingerprint density at radius 2 is 2.00 bits per heavy atom. The van der Waals surface area contributed by atoms with Crippen molar-refractivity contribution in [3.8, 4) is 0 Å². The van der Waals surface area contributed by atoms with Crippen LogP contribution >= 0.6 is 11.6 Å². The molecule has 0 spiro atoms. The lowest BCUT2D eigenvalue weighted by atomic mass is 10.1. The van der Waals surface area contributed by atoms with Crippen LogP contribution in [0.1, 0.15) is 25.5 Å². The van der Waals surface area contributed by atoms with Gasteiger partial charge in [-0.3, -0.25) is 0 Å². The van der Waals surface area contributed by atoms with Crippen molar-refractivity contribution in [2.24, 2.45) is 5.92 Å². The highest BCUT2D eigenvalue weighted by Gasteiger charge is 2.13. The zero-order chi connectivity index (χ0) is 14.6. The molecule has 1 aromatic carbocycles. The summed E-state index contributed by atoms with van der Waals surface area (Å²) in [7, 11) is -2.96. The Kier molecular flexibility index (Phi) is 5.77. The monoisotopic (exact) mass is 307 g/mol. The van der Waals surface area contributed by atoms with Gasteiger partial charge in [-0.15, -0.1) is 0 Å². The Morgan fingerprint density at radius 3 is 2.53 bits per heavy atom. The summed E-state index contributed by atoms with van der Waals surface area (Å²) in [6.45, 7) is 4.37. The fourth-order valence-corrected chi connectivity index (χ4v) is 3.19. The summed E-state index contributed by atoms with van der Waals surface area (Å²) in [5, 5.41) is 3.32. The molecule has 0 heterocycles. The zero-order valence-electron chi connectivity index (χ0n) is 11.3. The first-order chi connectivity index (χ1) is 8.69. The largest absolute Gasteiger partial charge is 0.310 e. The van der Waals surface area contributed by atoms with E-state index in [1.165, 1.54) is 12.3 Å². The summed E-state index contributed by atoms with van der Waals surface area (Å²) in [6.07, 6.45) is 1.23. The normalized spacial score (nSPS) is 15.2. The van der Waals surface area contributed by atoms with Crippen molar-refractivity contribution in [1.29, 1.82) is 0 Å². The van der Waals surface area contributed by atoms with Crippen molar-refractivity contribution >= 4 is 21.4 Å². The summed E-state index contributed by atoms with van der Waals surface area (Å²) in [4.78, 5) is 0. The lowest BCUT2D eigenvalue weighted by Crippen LogP contribution is -2.28. The van der Waals surface area contributed by atoms with Gasteiger partial charge in [0.15, 0.2) is 0 Å². The molecule has 1 aromatic rings. The highest BCUT2D eigenvalue weighted by molar-refractivity contribution is 7.90. The lowest BCUT2D eigenvalue weighted by Gasteiger charge is -2.18. The minimum Gasteiger partial charge on any atom is -0.310 e. The van der Waals surface area contributed by atoms with Gasteiger partial charge >= 0.3 is 0 Å². The number of halogens is 2. The maximum atomic E-state index is 13.0. The predicted molar refractivity (Wildman–Crippen MR) is 76.7 cm³/mol. The van der Waals surface area contributed by atoms with E-state index >= 15 is 0 Å². The molecule has 19 heavy (non-hydrogen) atoms. The predicted octanol–water partition coefficient (Wildman–Crippen LogP) is 2.81. The van der Waals surface area contributed by atoms with Crippen molar-refractivity contribution in [3.05, 3.63) is 34.6 Å². The quantitative estimate of drug-likeness (QED) is 0.879. The molecule has 0 aliphatic heterocycles. The van der Waals surface area contributed by atoms with Gasteiger partial charge in [-0.25, -0.2) is 12.8 Å². The molecule has 108 valence electrons. The number of rotatable bonds is 6. The van der Waals surface area contributed by atoms with E-state index in [-0.39, 0.29) is 22.7 Å². The Bertz CT molecular complexity index is 533. The second-order valence-corrected chi connectivity index (χ2v) is 7.59. The Morgan fingerprint density at radius 1 is 1.37 bits per heavy atom. The van der Waals surface area contributed by atoms with Crippen molar-refractivity contribution < 1.29 is 12.8 Å². The van der Waals surface area contributed by atoms with Gasteiger partial charge in [-0.05, 0) is 37.1 Å². The first kappa shape index (κ1) is 16.4. The van der Waals surface area contributed by atoms with Crippen molar-refractivity contribution in [3.63, 3.8) is 0 Å². The third-order valence-electron chi connectivity index (χ3n) is 2.80. The summed E-state index contributed by atoms with van der Waals surface area (Å²) >= 11 is 5.73. The van der Waals surface area contributed by atoms with E-state index in [4.69, 9.17) is 11.6 Å². The molecule has 0 saturated carbocycles. The van der Waals surface area contributed by atoms with Gasteiger partial charge in [-0.1, -0.05) is 24.6 Å². The third kappa shape index (κ3) is 5.89. The molecule has 1 rings (SSSR count). The zero-order valence-corrected chi connectivity index (χ0v) is 12.9. The van der Waals surface area contributed by atoms with E-state index in [0.29, 0.717) is 6.54 Å². The molecule has 0 radical (unpaired) electrons. The molecule has 0 fully saturated rings. The Hall–Kier alpha value is -0.650. The maximum absolute atomic E-state index is 13.0. The van der Waals surface area contributed by atoms with Crippen LogP contribution in [0.5, 0.6) is 0 Å². The first-order valence-corrected chi connectivity index (χ1v) is 8.49. The summed E-state index contributed by atoms with van der Waals surface area (Å²) in [6, 6.07) is 4.56. The van der Waals surface area contributed by atoms with E-state index < -0.39 is 15.7 Å². The molecule has 2 atom stereocenters. The van der Waals surface area contributed by atoms with Gasteiger partial charge in [0.1, 0.15) is 15.7 Å². The average molecular weight is 308 g/mol. The van der Waals surface area contributed by atoms with Gasteiger partial charge in [0.2, 0.25) is 0 Å². The Labute approximate surface area is 119 Å². The van der Waals surface area contributed by atoms with Crippen LogP contribution in [0.25, 0.3) is 0 Å². The summed E-state index contributed by atoms with van der Waals surface area (Å²) in [5.74, 6) is -0.270. The van der Waals surface area contributed by atoms with Gasteiger partial charge < -0.3 is 5.32 Å². The molecular formula is C13H19ClFNO2S. The summed E-state index contributed by atoms with van der Waals surface area (Å²) < 4.78 is 35.3. The fourth-order valence-electron chi connectivity index (χ4n) is 1.85. The number of nitrogens with one attached hydrogen (secondary N) is 1. The minimum atomic E-state index is -2.96. The van der Waals surface area contributed by atoms with Crippen molar-refractivity contribution in [1.82, 2.24) is 5.32 Å². The van der Waals surface area contributed by atoms with Crippen LogP contribution in [0.4, 0.5) is 4.39 Å². The fraction of sp³-hybridized carbons (Fsp3) is 0.538. The molecular weight excluding hydrogens is 289 g/mol. The second kappa shape index (κ2) is 6.68. The van der Waals surface area contributed by atoms with Crippen LogP contribution in [0.3, 0.4) is 0 Å². The molecule has 0 bridgehead atoms. The SMILES string of the molecule is C[C@@H](CN[C@@H](C)c1ccc(F)c(Cl)c1)CS(C)(=O)=O. The Balaban J connectivity index is 2.55. The third-order valence-corrected chi connectivity index (χ3v) is 4.27. The topological polar surface area (TPSA) is 46.2 Å². The lowest BCUT2D eigenvalue weighted by molar-refractivity contribution is 0.491. The van der Waals surface area contributed by atoms with Gasteiger partial charge in [0.25, 0.3) is 0 Å². The van der Waals surface area contributed by atoms with E-state index in [1.807, 2.05) is 13.8 Å². The molecule has 0 amide bonds. The maximum Gasteiger partial charge on any atom is 0.147 e. The molecule has 6 heteroatoms. The number of sulfone groups is 1. The second-order valence-electron chi connectivity index (χ2n) is 5.00. The van der Waals surface area contributed by atoms with Crippen LogP contribution in [0.2, 0.25) is 5.02 Å². The standard InChI is InChI=1S/C13H19ClFNO2S/c1-9(8-19(3,17)18)7-16-10(2)11-4-5-13(15)12(14)6-11/h4-6,9-10,16H,7-8H2,1-3H3/t9-,10-/m0/s1. The van der Waals surface area contributed by atoms with Crippen LogP contribution in [-0.2, 0) is 9.84 Å². The summed E-state index contributed by atoms with van der Waals surface area (Å²) in [5.41, 5.74) is 0.873. The van der Waals surface area contributed by atoms with Crippen molar-refractivity contribution in [2.75, 3.05) is 18.6 Å². The van der Waals surface area contributed by atoms with E-state index in [1.54, 1.807) is 12.1 Å². The van der Waals surface area contributed by atoms with E-state index in [0.717, 1.165) is 5.56 Å². The molecule has 0 aliphatic rings.